The van der Waals surface area contributed by atoms with Crippen molar-refractivity contribution in [3.63, 3.8) is 0 Å². The lowest BCUT2D eigenvalue weighted by Gasteiger charge is -2.34. The second-order valence-electron chi connectivity index (χ2n) is 11.6. The van der Waals surface area contributed by atoms with Crippen LogP contribution in [-0.4, -0.2) is 58.0 Å². The quantitative estimate of drug-likeness (QED) is 0.141. The standard InChI is InChI=1S/C37H41Cl2N3O6S/c1-6-26(3)40-37(44)33(21-27-11-8-7-9-12-27)41(23-30-31(38)13-10-14-32(30)39)36(43)24-42(28-17-20-34(47-4)35(22-28)48-5)49(45,46)29-18-15-25(2)16-19-29/h7-20,22,26,33H,6,21,23-24H2,1-5H3,(H,40,44)/t26-,33+/m0/s1. The van der Waals surface area contributed by atoms with Crippen molar-refractivity contribution in [1.82, 2.24) is 10.2 Å². The van der Waals surface area contributed by atoms with Crippen molar-refractivity contribution in [3.05, 3.63) is 118 Å². The first-order valence-electron chi connectivity index (χ1n) is 15.8. The Hall–Kier alpha value is -4.25. The van der Waals surface area contributed by atoms with Gasteiger partial charge in [0.2, 0.25) is 11.8 Å². The van der Waals surface area contributed by atoms with Crippen LogP contribution < -0.4 is 19.1 Å². The SMILES string of the molecule is CC[C@H](C)NC(=O)[C@@H](Cc1ccccc1)N(Cc1c(Cl)cccc1Cl)C(=O)CN(c1ccc(OC)c(OC)c1)S(=O)(=O)c1ccc(C)cc1. The molecule has 2 atom stereocenters. The Bertz CT molecular complexity index is 1840. The molecule has 0 saturated heterocycles. The number of carbonyl (C=O) groups is 2. The maximum absolute atomic E-state index is 14.8. The summed E-state index contributed by atoms with van der Waals surface area (Å²) in [6, 6.07) is 24.0. The first kappa shape index (κ1) is 37.6. The van der Waals surface area contributed by atoms with Gasteiger partial charge >= 0.3 is 0 Å². The van der Waals surface area contributed by atoms with Crippen LogP contribution in [0.2, 0.25) is 10.0 Å². The van der Waals surface area contributed by atoms with Gasteiger partial charge in [-0.3, -0.25) is 13.9 Å². The number of carbonyl (C=O) groups excluding carboxylic acids is 2. The molecule has 0 unspecified atom stereocenters. The van der Waals surface area contributed by atoms with Gasteiger partial charge in [-0.15, -0.1) is 0 Å². The minimum atomic E-state index is -4.32. The lowest BCUT2D eigenvalue weighted by Crippen LogP contribution is -2.54. The zero-order chi connectivity index (χ0) is 35.7. The number of hydrogen-bond acceptors (Lipinski definition) is 6. The third kappa shape index (κ3) is 9.26. The van der Waals surface area contributed by atoms with Crippen molar-refractivity contribution in [2.24, 2.45) is 0 Å². The highest BCUT2D eigenvalue weighted by molar-refractivity contribution is 7.92. The van der Waals surface area contributed by atoms with Gasteiger partial charge in [0, 0.05) is 40.7 Å². The molecule has 0 radical (unpaired) electrons. The molecule has 4 rings (SSSR count). The lowest BCUT2D eigenvalue weighted by atomic mass is 10.0. The van der Waals surface area contributed by atoms with Gasteiger partial charge in [0.15, 0.2) is 11.5 Å². The fourth-order valence-electron chi connectivity index (χ4n) is 5.20. The van der Waals surface area contributed by atoms with Crippen molar-refractivity contribution in [3.8, 4) is 11.5 Å². The molecule has 0 aliphatic rings. The topological polar surface area (TPSA) is 105 Å². The van der Waals surface area contributed by atoms with Gasteiger partial charge in [-0.25, -0.2) is 8.42 Å². The third-order valence-corrected chi connectivity index (χ3v) is 10.7. The first-order valence-corrected chi connectivity index (χ1v) is 18.0. The van der Waals surface area contributed by atoms with Crippen LogP contribution in [-0.2, 0) is 32.6 Å². The molecule has 0 saturated carbocycles. The molecule has 0 bridgehead atoms. The van der Waals surface area contributed by atoms with Gasteiger partial charge in [0.25, 0.3) is 10.0 Å². The molecular formula is C37H41Cl2N3O6S. The summed E-state index contributed by atoms with van der Waals surface area (Å²) in [7, 11) is -1.42. The molecule has 49 heavy (non-hydrogen) atoms. The van der Waals surface area contributed by atoms with Gasteiger partial charge in [0.1, 0.15) is 12.6 Å². The maximum atomic E-state index is 14.8. The van der Waals surface area contributed by atoms with E-state index in [1.165, 1.54) is 43.4 Å². The number of nitrogens with zero attached hydrogens (tertiary/aromatic N) is 2. The summed E-state index contributed by atoms with van der Waals surface area (Å²) < 4.78 is 40.6. The van der Waals surface area contributed by atoms with E-state index in [-0.39, 0.29) is 35.3 Å². The number of halogens is 2. The number of ether oxygens (including phenoxy) is 2. The molecular weight excluding hydrogens is 685 g/mol. The number of anilines is 1. The first-order chi connectivity index (χ1) is 23.4. The molecule has 0 heterocycles. The van der Waals surface area contributed by atoms with Crippen LogP contribution in [0.25, 0.3) is 0 Å². The van der Waals surface area contributed by atoms with Gasteiger partial charge in [-0.2, -0.15) is 0 Å². The molecule has 0 spiro atoms. The summed E-state index contributed by atoms with van der Waals surface area (Å²) in [5.41, 5.74) is 2.25. The van der Waals surface area contributed by atoms with Crippen molar-refractivity contribution in [1.29, 1.82) is 0 Å². The molecule has 9 nitrogen and oxygen atoms in total. The van der Waals surface area contributed by atoms with Crippen molar-refractivity contribution in [2.75, 3.05) is 25.1 Å². The van der Waals surface area contributed by atoms with Gasteiger partial charge in [-0.05, 0) is 62.2 Å². The number of benzene rings is 4. The average molecular weight is 727 g/mol. The highest BCUT2D eigenvalue weighted by atomic mass is 35.5. The second-order valence-corrected chi connectivity index (χ2v) is 14.3. The van der Waals surface area contributed by atoms with Gasteiger partial charge in [0.05, 0.1) is 24.8 Å². The van der Waals surface area contributed by atoms with E-state index in [2.05, 4.69) is 5.32 Å². The van der Waals surface area contributed by atoms with Crippen LogP contribution in [0.15, 0.2) is 95.9 Å². The zero-order valence-electron chi connectivity index (χ0n) is 28.2. The van der Waals surface area contributed by atoms with E-state index in [1.54, 1.807) is 36.4 Å². The Labute approximate surface area is 298 Å². The molecule has 1 N–H and O–H groups in total. The number of amides is 2. The van der Waals surface area contributed by atoms with Crippen LogP contribution in [0, 0.1) is 6.92 Å². The molecule has 0 fully saturated rings. The van der Waals surface area contributed by atoms with E-state index in [9.17, 15) is 18.0 Å². The van der Waals surface area contributed by atoms with Crippen LogP contribution in [0.4, 0.5) is 5.69 Å². The summed E-state index contributed by atoms with van der Waals surface area (Å²) in [4.78, 5) is 30.1. The second kappa shape index (κ2) is 16.9. The lowest BCUT2D eigenvalue weighted by molar-refractivity contribution is -0.140. The van der Waals surface area contributed by atoms with Crippen LogP contribution >= 0.6 is 23.2 Å². The zero-order valence-corrected chi connectivity index (χ0v) is 30.5. The number of aryl methyl sites for hydroxylation is 1. The smallest absolute Gasteiger partial charge is 0.264 e. The van der Waals surface area contributed by atoms with E-state index in [0.717, 1.165) is 15.4 Å². The predicted molar refractivity (Wildman–Crippen MR) is 194 cm³/mol. The fraction of sp³-hybridized carbons (Fsp3) is 0.297. The van der Waals surface area contributed by atoms with Gasteiger partial charge in [-0.1, -0.05) is 84.2 Å². The largest absolute Gasteiger partial charge is 0.493 e. The Kier molecular flexibility index (Phi) is 13.0. The van der Waals surface area contributed by atoms with Crippen molar-refractivity contribution < 1.29 is 27.5 Å². The fourth-order valence-corrected chi connectivity index (χ4v) is 7.12. The number of sulfonamides is 1. The molecule has 4 aromatic rings. The molecule has 4 aromatic carbocycles. The number of hydrogen-bond donors (Lipinski definition) is 1. The summed E-state index contributed by atoms with van der Waals surface area (Å²) in [6.45, 7) is 4.85. The van der Waals surface area contributed by atoms with Crippen LogP contribution in [0.3, 0.4) is 0 Å². The van der Waals surface area contributed by atoms with Crippen molar-refractivity contribution in [2.45, 2.75) is 57.1 Å². The Morgan fingerprint density at radius 3 is 2.08 bits per heavy atom. The minimum Gasteiger partial charge on any atom is -0.493 e. The average Bonchev–Trinajstić information content (AvgIpc) is 3.09. The summed E-state index contributed by atoms with van der Waals surface area (Å²) in [6.07, 6.45) is 0.813. The third-order valence-electron chi connectivity index (χ3n) is 8.21. The van der Waals surface area contributed by atoms with Crippen molar-refractivity contribution >= 4 is 50.7 Å². The molecule has 0 aromatic heterocycles. The Morgan fingerprint density at radius 1 is 0.857 bits per heavy atom. The number of nitrogens with one attached hydrogen (secondary N) is 1. The van der Waals surface area contributed by atoms with Crippen LogP contribution in [0.1, 0.15) is 37.0 Å². The highest BCUT2D eigenvalue weighted by Gasteiger charge is 2.36. The monoisotopic (exact) mass is 725 g/mol. The summed E-state index contributed by atoms with van der Waals surface area (Å²) in [5.74, 6) is -0.397. The summed E-state index contributed by atoms with van der Waals surface area (Å²) >= 11 is 13.2. The molecule has 12 heteroatoms. The van der Waals surface area contributed by atoms with E-state index in [0.29, 0.717) is 27.8 Å². The molecule has 260 valence electrons. The predicted octanol–water partition coefficient (Wildman–Crippen LogP) is 7.07. The normalized spacial score (nSPS) is 12.5. The number of methoxy groups -OCH3 is 2. The maximum Gasteiger partial charge on any atom is 0.264 e. The Morgan fingerprint density at radius 2 is 1.49 bits per heavy atom. The number of rotatable bonds is 15. The van der Waals surface area contributed by atoms with E-state index in [1.807, 2.05) is 51.1 Å². The van der Waals surface area contributed by atoms with Crippen LogP contribution in [0.5, 0.6) is 11.5 Å². The van der Waals surface area contributed by atoms with E-state index in [4.69, 9.17) is 32.7 Å². The molecule has 0 aliphatic heterocycles. The highest BCUT2D eigenvalue weighted by Crippen LogP contribution is 2.34. The van der Waals surface area contributed by atoms with Gasteiger partial charge < -0.3 is 19.7 Å². The van der Waals surface area contributed by atoms with E-state index < -0.39 is 34.4 Å². The summed E-state index contributed by atoms with van der Waals surface area (Å²) in [5, 5.41) is 3.62. The Balaban J connectivity index is 1.88. The minimum absolute atomic E-state index is 0.0169. The molecule has 0 aliphatic carbocycles. The molecule has 2 amide bonds. The van der Waals surface area contributed by atoms with E-state index >= 15 is 0 Å².